The van der Waals surface area contributed by atoms with Crippen LogP contribution in [0.1, 0.15) is 40.0 Å². The molecule has 1 amide bonds. The molecule has 88 valence electrons. The van der Waals surface area contributed by atoms with Gasteiger partial charge in [-0.2, -0.15) is 0 Å². The average Bonchev–Trinajstić information content (AvgIpc) is 2.27. The van der Waals surface area contributed by atoms with Gasteiger partial charge in [0, 0.05) is 13.1 Å². The van der Waals surface area contributed by atoms with Crippen LogP contribution < -0.4 is 5.32 Å². The van der Waals surface area contributed by atoms with Crippen LogP contribution in [0.4, 0.5) is 0 Å². The Labute approximate surface area is 93.2 Å². The number of nitrogens with zero attached hydrogens (tertiary/aromatic N) is 1. The fourth-order valence-corrected chi connectivity index (χ4v) is 1.96. The zero-order valence-corrected chi connectivity index (χ0v) is 10.4. The van der Waals surface area contributed by atoms with Gasteiger partial charge in [-0.3, -0.25) is 4.79 Å². The number of rotatable bonds is 3. The minimum absolute atomic E-state index is 0.0601. The normalized spacial score (nSPS) is 23.9. The molecule has 0 aromatic heterocycles. The van der Waals surface area contributed by atoms with Crippen molar-refractivity contribution in [2.24, 2.45) is 5.92 Å². The summed E-state index contributed by atoms with van der Waals surface area (Å²) in [5.41, 5.74) is 0. The van der Waals surface area contributed by atoms with Crippen molar-refractivity contribution in [3.63, 3.8) is 0 Å². The summed E-state index contributed by atoms with van der Waals surface area (Å²) in [5, 5.41) is 3.30. The van der Waals surface area contributed by atoms with Crippen LogP contribution in [0.15, 0.2) is 0 Å². The van der Waals surface area contributed by atoms with E-state index in [4.69, 9.17) is 0 Å². The van der Waals surface area contributed by atoms with Crippen molar-refractivity contribution in [3.05, 3.63) is 0 Å². The lowest BCUT2D eigenvalue weighted by molar-refractivity contribution is -0.135. The minimum Gasteiger partial charge on any atom is -0.341 e. The smallest absolute Gasteiger partial charge is 0.239 e. The number of nitrogens with one attached hydrogen (secondary N) is 1. The van der Waals surface area contributed by atoms with Crippen LogP contribution in [-0.2, 0) is 4.79 Å². The molecule has 0 saturated carbocycles. The van der Waals surface area contributed by atoms with Gasteiger partial charge in [0.1, 0.15) is 0 Å². The summed E-state index contributed by atoms with van der Waals surface area (Å²) in [6.45, 7) is 7.41. The molecular formula is C12H24N2O. The van der Waals surface area contributed by atoms with Gasteiger partial charge in [-0.05, 0) is 32.2 Å². The van der Waals surface area contributed by atoms with Crippen LogP contribution in [0, 0.1) is 5.92 Å². The van der Waals surface area contributed by atoms with E-state index < -0.39 is 0 Å². The third kappa shape index (κ3) is 3.20. The monoisotopic (exact) mass is 212 g/mol. The van der Waals surface area contributed by atoms with Crippen LogP contribution in [0.3, 0.4) is 0 Å². The van der Waals surface area contributed by atoms with Gasteiger partial charge in [0.05, 0.1) is 6.04 Å². The van der Waals surface area contributed by atoms with Crippen molar-refractivity contribution in [1.82, 2.24) is 10.2 Å². The number of likely N-dealkylation sites (N-methyl/N-ethyl adjacent to an activating group) is 1. The molecule has 0 aliphatic carbocycles. The SMILES string of the molecule is CC(C)C(C)N(C)C(=O)[C@H]1CCCCN1. The summed E-state index contributed by atoms with van der Waals surface area (Å²) >= 11 is 0. The third-order valence-electron chi connectivity index (χ3n) is 3.53. The van der Waals surface area contributed by atoms with Crippen LogP contribution in [0.5, 0.6) is 0 Å². The van der Waals surface area contributed by atoms with Crippen molar-refractivity contribution in [3.8, 4) is 0 Å². The number of carbonyl (C=O) groups is 1. The Morgan fingerprint density at radius 2 is 2.00 bits per heavy atom. The molecule has 15 heavy (non-hydrogen) atoms. The first kappa shape index (κ1) is 12.5. The largest absolute Gasteiger partial charge is 0.341 e. The second-order valence-electron chi connectivity index (χ2n) is 4.94. The van der Waals surface area contributed by atoms with Gasteiger partial charge in [-0.25, -0.2) is 0 Å². The van der Waals surface area contributed by atoms with Gasteiger partial charge in [-0.1, -0.05) is 20.3 Å². The Morgan fingerprint density at radius 1 is 1.33 bits per heavy atom. The molecular weight excluding hydrogens is 188 g/mol. The van der Waals surface area contributed by atoms with E-state index in [9.17, 15) is 4.79 Å². The standard InChI is InChI=1S/C12H24N2O/c1-9(2)10(3)14(4)12(15)11-7-5-6-8-13-11/h9-11,13H,5-8H2,1-4H3/t10?,11-/m1/s1. The molecule has 0 bridgehead atoms. The molecule has 1 aliphatic rings. The zero-order valence-electron chi connectivity index (χ0n) is 10.4. The van der Waals surface area contributed by atoms with Crippen LogP contribution >= 0.6 is 0 Å². The van der Waals surface area contributed by atoms with Gasteiger partial charge in [-0.15, -0.1) is 0 Å². The molecule has 0 aromatic rings. The molecule has 0 radical (unpaired) electrons. The van der Waals surface area contributed by atoms with E-state index >= 15 is 0 Å². The molecule has 1 N–H and O–H groups in total. The Morgan fingerprint density at radius 3 is 2.47 bits per heavy atom. The van der Waals surface area contributed by atoms with Crippen molar-refractivity contribution in [2.75, 3.05) is 13.6 Å². The van der Waals surface area contributed by atoms with Gasteiger partial charge in [0.15, 0.2) is 0 Å². The first-order valence-electron chi connectivity index (χ1n) is 6.04. The Bertz CT molecular complexity index is 210. The third-order valence-corrected chi connectivity index (χ3v) is 3.53. The summed E-state index contributed by atoms with van der Waals surface area (Å²) in [6, 6.07) is 0.381. The van der Waals surface area contributed by atoms with Gasteiger partial charge < -0.3 is 10.2 Å². The first-order valence-corrected chi connectivity index (χ1v) is 6.04. The molecule has 1 aliphatic heterocycles. The molecule has 3 nitrogen and oxygen atoms in total. The Hall–Kier alpha value is -0.570. The lowest BCUT2D eigenvalue weighted by Crippen LogP contribution is -2.50. The zero-order chi connectivity index (χ0) is 11.4. The number of piperidine rings is 1. The maximum absolute atomic E-state index is 12.1. The van der Waals surface area contributed by atoms with Gasteiger partial charge in [0.2, 0.25) is 5.91 Å². The summed E-state index contributed by atoms with van der Waals surface area (Å²) in [6.07, 6.45) is 3.37. The average molecular weight is 212 g/mol. The first-order chi connectivity index (χ1) is 7.04. The molecule has 1 unspecified atom stereocenters. The van der Waals surface area contributed by atoms with Gasteiger partial charge in [0.25, 0.3) is 0 Å². The van der Waals surface area contributed by atoms with Crippen molar-refractivity contribution < 1.29 is 4.79 Å². The molecule has 1 saturated heterocycles. The lowest BCUT2D eigenvalue weighted by Gasteiger charge is -2.33. The van der Waals surface area contributed by atoms with E-state index in [-0.39, 0.29) is 11.9 Å². The predicted molar refractivity (Wildman–Crippen MR) is 62.7 cm³/mol. The molecule has 1 rings (SSSR count). The highest BCUT2D eigenvalue weighted by atomic mass is 16.2. The number of hydrogen-bond acceptors (Lipinski definition) is 2. The molecule has 3 heteroatoms. The molecule has 0 spiro atoms. The molecule has 0 aromatic carbocycles. The second kappa shape index (κ2) is 5.50. The molecule has 1 fully saturated rings. The maximum atomic E-state index is 12.1. The molecule has 2 atom stereocenters. The second-order valence-corrected chi connectivity index (χ2v) is 4.94. The van der Waals surface area contributed by atoms with Crippen LogP contribution in [0.25, 0.3) is 0 Å². The topological polar surface area (TPSA) is 32.3 Å². The fourth-order valence-electron chi connectivity index (χ4n) is 1.96. The summed E-state index contributed by atoms with van der Waals surface area (Å²) < 4.78 is 0. The van der Waals surface area contributed by atoms with Crippen molar-refractivity contribution >= 4 is 5.91 Å². The summed E-state index contributed by atoms with van der Waals surface area (Å²) in [5.74, 6) is 0.776. The van der Waals surface area contributed by atoms with E-state index in [1.807, 2.05) is 11.9 Å². The molecule has 1 heterocycles. The van der Waals surface area contributed by atoms with Gasteiger partial charge >= 0.3 is 0 Å². The van der Waals surface area contributed by atoms with E-state index in [1.165, 1.54) is 12.8 Å². The Balaban J connectivity index is 2.50. The maximum Gasteiger partial charge on any atom is 0.239 e. The van der Waals surface area contributed by atoms with E-state index in [1.54, 1.807) is 0 Å². The summed E-state index contributed by atoms with van der Waals surface area (Å²) in [4.78, 5) is 14.0. The highest BCUT2D eigenvalue weighted by Crippen LogP contribution is 2.13. The van der Waals surface area contributed by atoms with E-state index in [0.29, 0.717) is 12.0 Å². The Kier molecular flexibility index (Phi) is 4.58. The fraction of sp³-hybridized carbons (Fsp3) is 0.917. The highest BCUT2D eigenvalue weighted by molar-refractivity contribution is 5.82. The summed E-state index contributed by atoms with van der Waals surface area (Å²) in [7, 11) is 1.92. The predicted octanol–water partition coefficient (Wildman–Crippen LogP) is 1.63. The number of carbonyl (C=O) groups excluding carboxylic acids is 1. The highest BCUT2D eigenvalue weighted by Gasteiger charge is 2.26. The van der Waals surface area contributed by atoms with E-state index in [2.05, 4.69) is 26.1 Å². The van der Waals surface area contributed by atoms with Crippen LogP contribution in [0.2, 0.25) is 0 Å². The number of amides is 1. The number of hydrogen-bond donors (Lipinski definition) is 1. The van der Waals surface area contributed by atoms with Crippen LogP contribution in [-0.4, -0.2) is 36.5 Å². The van der Waals surface area contributed by atoms with Crippen molar-refractivity contribution in [2.45, 2.75) is 52.1 Å². The van der Waals surface area contributed by atoms with E-state index in [0.717, 1.165) is 13.0 Å². The quantitative estimate of drug-likeness (QED) is 0.771. The lowest BCUT2D eigenvalue weighted by atomic mass is 10.0. The van der Waals surface area contributed by atoms with Crippen molar-refractivity contribution in [1.29, 1.82) is 0 Å². The minimum atomic E-state index is 0.0601.